The van der Waals surface area contributed by atoms with E-state index in [9.17, 15) is 8.42 Å². The molecular weight excluding hydrogens is 374 g/mol. The Balaban J connectivity index is 1.77. The molecule has 0 aliphatic carbocycles. The minimum Gasteiger partial charge on any atom is -0.325 e. The van der Waals surface area contributed by atoms with E-state index in [-0.39, 0.29) is 5.92 Å². The van der Waals surface area contributed by atoms with Crippen LogP contribution in [0.3, 0.4) is 0 Å². The molecular formula is C20H29N5O2S. The lowest BCUT2D eigenvalue weighted by molar-refractivity contribution is 0.285. The number of pyridine rings is 2. The van der Waals surface area contributed by atoms with Crippen LogP contribution in [0.2, 0.25) is 0 Å². The van der Waals surface area contributed by atoms with Crippen molar-refractivity contribution in [3.8, 4) is 0 Å². The Kier molecular flexibility index (Phi) is 6.64. The van der Waals surface area contributed by atoms with E-state index >= 15 is 0 Å². The highest BCUT2D eigenvalue weighted by Gasteiger charge is 2.33. The van der Waals surface area contributed by atoms with Crippen LogP contribution in [0.4, 0.5) is 11.6 Å². The van der Waals surface area contributed by atoms with E-state index in [1.807, 2.05) is 51.1 Å². The van der Waals surface area contributed by atoms with E-state index in [0.717, 1.165) is 35.7 Å². The molecule has 1 aliphatic rings. The van der Waals surface area contributed by atoms with E-state index in [2.05, 4.69) is 10.3 Å². The van der Waals surface area contributed by atoms with E-state index < -0.39 is 10.2 Å². The molecule has 0 spiro atoms. The molecule has 28 heavy (non-hydrogen) atoms. The van der Waals surface area contributed by atoms with E-state index in [0.29, 0.717) is 26.2 Å². The molecule has 2 aromatic rings. The van der Waals surface area contributed by atoms with Crippen molar-refractivity contribution in [3.63, 3.8) is 0 Å². The fraction of sp³-hybridized carbons (Fsp3) is 0.500. The molecule has 1 fully saturated rings. The SMILES string of the molecule is CCN(CC)S(=O)(=O)N1CCCC(c2cccc(Nc3ncccc3C)n2)C1. The zero-order chi connectivity index (χ0) is 20.1. The van der Waals surface area contributed by atoms with Gasteiger partial charge in [0.15, 0.2) is 0 Å². The summed E-state index contributed by atoms with van der Waals surface area (Å²) in [4.78, 5) is 9.10. The maximum absolute atomic E-state index is 12.9. The van der Waals surface area contributed by atoms with Crippen molar-refractivity contribution in [2.75, 3.05) is 31.5 Å². The second kappa shape index (κ2) is 8.98. The van der Waals surface area contributed by atoms with Crippen LogP contribution < -0.4 is 5.32 Å². The van der Waals surface area contributed by atoms with E-state index in [1.54, 1.807) is 10.5 Å². The molecule has 0 saturated carbocycles. The highest BCUT2D eigenvalue weighted by atomic mass is 32.2. The number of hydrogen-bond donors (Lipinski definition) is 1. The molecule has 1 unspecified atom stereocenters. The van der Waals surface area contributed by atoms with Crippen molar-refractivity contribution in [1.82, 2.24) is 18.6 Å². The summed E-state index contributed by atoms with van der Waals surface area (Å²) < 4.78 is 28.9. The Morgan fingerprint density at radius 3 is 2.71 bits per heavy atom. The first-order chi connectivity index (χ1) is 13.5. The largest absolute Gasteiger partial charge is 0.325 e. The maximum atomic E-state index is 12.9. The molecule has 0 radical (unpaired) electrons. The van der Waals surface area contributed by atoms with E-state index in [1.165, 1.54) is 4.31 Å². The highest BCUT2D eigenvalue weighted by molar-refractivity contribution is 7.86. The molecule has 8 heteroatoms. The fourth-order valence-corrected chi connectivity index (χ4v) is 5.30. The number of aryl methyl sites for hydroxylation is 1. The van der Waals surface area contributed by atoms with Gasteiger partial charge in [-0.2, -0.15) is 17.0 Å². The summed E-state index contributed by atoms with van der Waals surface area (Å²) in [6, 6.07) is 9.74. The Morgan fingerprint density at radius 1 is 1.21 bits per heavy atom. The molecule has 7 nitrogen and oxygen atoms in total. The first kappa shape index (κ1) is 20.7. The summed E-state index contributed by atoms with van der Waals surface area (Å²) in [5.74, 6) is 1.59. The van der Waals surface area contributed by atoms with Gasteiger partial charge in [-0.05, 0) is 43.5 Å². The summed E-state index contributed by atoms with van der Waals surface area (Å²) in [6.07, 6.45) is 3.52. The van der Waals surface area contributed by atoms with Crippen molar-refractivity contribution in [3.05, 3.63) is 47.8 Å². The summed E-state index contributed by atoms with van der Waals surface area (Å²) in [5.41, 5.74) is 1.96. The molecule has 152 valence electrons. The topological polar surface area (TPSA) is 78.4 Å². The quantitative estimate of drug-likeness (QED) is 0.767. The lowest BCUT2D eigenvalue weighted by atomic mass is 9.95. The Bertz CT molecular complexity index is 899. The summed E-state index contributed by atoms with van der Waals surface area (Å²) >= 11 is 0. The fourth-order valence-electron chi connectivity index (χ4n) is 3.59. The van der Waals surface area contributed by atoms with Gasteiger partial charge in [-0.1, -0.05) is 26.0 Å². The average Bonchev–Trinajstić information content (AvgIpc) is 2.71. The Morgan fingerprint density at radius 2 is 2.00 bits per heavy atom. The molecule has 0 bridgehead atoms. The van der Waals surface area contributed by atoms with Gasteiger partial charge >= 0.3 is 0 Å². The van der Waals surface area contributed by atoms with Gasteiger partial charge in [0, 0.05) is 44.0 Å². The van der Waals surface area contributed by atoms with Crippen LogP contribution in [0, 0.1) is 6.92 Å². The third kappa shape index (κ3) is 4.51. The maximum Gasteiger partial charge on any atom is 0.281 e. The predicted molar refractivity (Wildman–Crippen MR) is 112 cm³/mol. The van der Waals surface area contributed by atoms with Crippen LogP contribution in [-0.4, -0.2) is 53.2 Å². The molecule has 2 aromatic heterocycles. The van der Waals surface area contributed by atoms with Crippen molar-refractivity contribution in [2.24, 2.45) is 0 Å². The van der Waals surface area contributed by atoms with Crippen LogP contribution in [0.1, 0.15) is 43.9 Å². The van der Waals surface area contributed by atoms with Crippen LogP contribution in [0.15, 0.2) is 36.5 Å². The predicted octanol–water partition coefficient (Wildman–Crippen LogP) is 3.29. The van der Waals surface area contributed by atoms with Crippen LogP contribution in [0.25, 0.3) is 0 Å². The van der Waals surface area contributed by atoms with Gasteiger partial charge in [-0.25, -0.2) is 9.97 Å². The first-order valence-electron chi connectivity index (χ1n) is 9.86. The van der Waals surface area contributed by atoms with Crippen LogP contribution >= 0.6 is 0 Å². The molecule has 1 saturated heterocycles. The molecule has 3 heterocycles. The summed E-state index contributed by atoms with van der Waals surface area (Å²) in [6.45, 7) is 7.76. The van der Waals surface area contributed by atoms with Crippen LogP contribution in [0.5, 0.6) is 0 Å². The zero-order valence-corrected chi connectivity index (χ0v) is 17.6. The molecule has 1 N–H and O–H groups in total. The van der Waals surface area contributed by atoms with Crippen molar-refractivity contribution >= 4 is 21.8 Å². The van der Waals surface area contributed by atoms with Gasteiger partial charge in [0.25, 0.3) is 10.2 Å². The zero-order valence-electron chi connectivity index (χ0n) is 16.8. The summed E-state index contributed by atoms with van der Waals surface area (Å²) in [7, 11) is -3.42. The normalized spacial score (nSPS) is 18.4. The molecule has 0 aromatic carbocycles. The smallest absolute Gasteiger partial charge is 0.281 e. The number of nitrogens with zero attached hydrogens (tertiary/aromatic N) is 4. The lowest BCUT2D eigenvalue weighted by Crippen LogP contribution is -2.47. The van der Waals surface area contributed by atoms with E-state index in [4.69, 9.17) is 4.98 Å². The second-order valence-electron chi connectivity index (χ2n) is 7.03. The minimum absolute atomic E-state index is 0.0886. The van der Waals surface area contributed by atoms with Crippen molar-refractivity contribution in [1.29, 1.82) is 0 Å². The number of hydrogen-bond acceptors (Lipinski definition) is 5. The van der Waals surface area contributed by atoms with Gasteiger partial charge in [0.2, 0.25) is 0 Å². The highest BCUT2D eigenvalue weighted by Crippen LogP contribution is 2.29. The number of aromatic nitrogens is 2. The number of rotatable bonds is 7. The van der Waals surface area contributed by atoms with Gasteiger partial charge in [0.1, 0.15) is 11.6 Å². The molecule has 1 aliphatic heterocycles. The second-order valence-corrected chi connectivity index (χ2v) is 8.96. The van der Waals surface area contributed by atoms with Gasteiger partial charge in [-0.3, -0.25) is 0 Å². The third-order valence-corrected chi connectivity index (χ3v) is 7.34. The average molecular weight is 404 g/mol. The molecule has 1 atom stereocenters. The number of piperidine rings is 1. The Hall–Kier alpha value is -2.03. The first-order valence-corrected chi connectivity index (χ1v) is 11.3. The van der Waals surface area contributed by atoms with Gasteiger partial charge in [-0.15, -0.1) is 0 Å². The minimum atomic E-state index is -3.42. The van der Waals surface area contributed by atoms with Gasteiger partial charge < -0.3 is 5.32 Å². The number of anilines is 2. The standard InChI is InChI=1S/C20H29N5O2S/c1-4-24(5-2)28(26,27)25-14-8-10-17(15-25)18-11-6-12-19(22-18)23-20-16(3)9-7-13-21-20/h6-7,9,11-13,17H,4-5,8,10,14-15H2,1-3H3,(H,21,22,23). The Labute approximate surface area is 168 Å². The molecule has 0 amide bonds. The van der Waals surface area contributed by atoms with Crippen molar-refractivity contribution < 1.29 is 8.42 Å². The number of nitrogens with one attached hydrogen (secondary N) is 1. The van der Waals surface area contributed by atoms with Crippen LogP contribution in [-0.2, 0) is 10.2 Å². The molecule has 3 rings (SSSR count). The lowest BCUT2D eigenvalue weighted by Gasteiger charge is -2.34. The van der Waals surface area contributed by atoms with Crippen molar-refractivity contribution in [2.45, 2.75) is 39.5 Å². The van der Waals surface area contributed by atoms with Gasteiger partial charge in [0.05, 0.1) is 0 Å². The summed E-state index contributed by atoms with van der Waals surface area (Å²) in [5, 5.41) is 3.27. The monoisotopic (exact) mass is 403 g/mol. The third-order valence-electron chi connectivity index (χ3n) is 5.19.